The van der Waals surface area contributed by atoms with Crippen LogP contribution in [0, 0.1) is 0 Å². The molecule has 1 fully saturated rings. The average Bonchev–Trinajstić information content (AvgIpc) is 2.83. The Balaban J connectivity index is 2.15. The van der Waals surface area contributed by atoms with E-state index in [1.54, 1.807) is 6.33 Å². The van der Waals surface area contributed by atoms with Gasteiger partial charge >= 0.3 is 5.97 Å². The number of hydrogen-bond donors (Lipinski definition) is 1. The van der Waals surface area contributed by atoms with Crippen LogP contribution >= 0.6 is 11.8 Å². The summed E-state index contributed by atoms with van der Waals surface area (Å²) in [5.41, 5.74) is -0.148. The quantitative estimate of drug-likeness (QED) is 0.780. The molecular weight excluding hydrogens is 230 g/mol. The largest absolute Gasteiger partial charge is 0.481 e. The molecule has 7 heteroatoms. The highest BCUT2D eigenvalue weighted by atomic mass is 32.2. The van der Waals surface area contributed by atoms with Gasteiger partial charge in [-0.3, -0.25) is 4.79 Å². The van der Waals surface area contributed by atoms with Gasteiger partial charge in [0, 0.05) is 6.61 Å². The number of nitrogens with zero attached hydrogens (tertiary/aromatic N) is 3. The van der Waals surface area contributed by atoms with Crippen LogP contribution in [0.2, 0.25) is 0 Å². The normalized spacial score (nSPS) is 24.8. The molecule has 0 amide bonds. The van der Waals surface area contributed by atoms with Gasteiger partial charge in [0.25, 0.3) is 0 Å². The van der Waals surface area contributed by atoms with Crippen LogP contribution in [0.1, 0.15) is 13.3 Å². The number of rotatable bonds is 4. The van der Waals surface area contributed by atoms with E-state index in [0.29, 0.717) is 11.8 Å². The summed E-state index contributed by atoms with van der Waals surface area (Å²) in [6, 6.07) is 0. The first kappa shape index (κ1) is 11.4. The maximum Gasteiger partial charge on any atom is 0.313 e. The Bertz CT molecular complexity index is 387. The molecule has 2 rings (SSSR count). The molecule has 1 N–H and O–H groups in total. The van der Waals surface area contributed by atoms with Crippen LogP contribution in [-0.4, -0.2) is 44.8 Å². The zero-order valence-corrected chi connectivity index (χ0v) is 9.74. The molecule has 1 aromatic rings. The third kappa shape index (κ3) is 2.19. The molecule has 0 radical (unpaired) electrons. The molecule has 6 nitrogen and oxygen atoms in total. The number of thioether (sulfide) groups is 1. The second-order valence-corrected chi connectivity index (χ2v) is 4.91. The van der Waals surface area contributed by atoms with E-state index in [-0.39, 0.29) is 11.3 Å². The van der Waals surface area contributed by atoms with Crippen LogP contribution in [0.3, 0.4) is 0 Å². The number of carboxylic acid groups (broad SMARTS) is 1. The number of aliphatic carboxylic acids is 1. The summed E-state index contributed by atoms with van der Waals surface area (Å²) in [7, 11) is 0. The monoisotopic (exact) mass is 243 g/mol. The topological polar surface area (TPSA) is 77.2 Å². The molecular formula is C9H13N3O3S. The first-order valence-corrected chi connectivity index (χ1v) is 5.93. The van der Waals surface area contributed by atoms with Crippen molar-refractivity contribution < 1.29 is 14.6 Å². The Labute approximate surface area is 97.0 Å². The van der Waals surface area contributed by atoms with Crippen LogP contribution in [0.25, 0.3) is 0 Å². The van der Waals surface area contributed by atoms with E-state index in [0.717, 1.165) is 13.0 Å². The molecule has 2 heterocycles. The van der Waals surface area contributed by atoms with Gasteiger partial charge in [-0.25, -0.2) is 0 Å². The summed E-state index contributed by atoms with van der Waals surface area (Å²) < 4.78 is 7.27. The van der Waals surface area contributed by atoms with Gasteiger partial charge in [-0.2, -0.15) is 0 Å². The molecule has 1 saturated heterocycles. The lowest BCUT2D eigenvalue weighted by Gasteiger charge is -2.24. The Morgan fingerprint density at radius 3 is 3.25 bits per heavy atom. The smallest absolute Gasteiger partial charge is 0.313 e. The highest BCUT2D eigenvalue weighted by Gasteiger charge is 2.33. The van der Waals surface area contributed by atoms with Crippen LogP contribution < -0.4 is 0 Å². The zero-order chi connectivity index (χ0) is 11.6. The van der Waals surface area contributed by atoms with Gasteiger partial charge in [0.2, 0.25) is 0 Å². The van der Waals surface area contributed by atoms with Crippen molar-refractivity contribution in [3.05, 3.63) is 6.33 Å². The summed E-state index contributed by atoms with van der Waals surface area (Å²) >= 11 is 1.18. The number of aromatic nitrogens is 3. The van der Waals surface area contributed by atoms with Gasteiger partial charge in [0.1, 0.15) is 6.33 Å². The Hall–Kier alpha value is -1.08. The predicted molar refractivity (Wildman–Crippen MR) is 57.5 cm³/mol. The van der Waals surface area contributed by atoms with Crippen molar-refractivity contribution in [3.8, 4) is 0 Å². The van der Waals surface area contributed by atoms with E-state index >= 15 is 0 Å². The van der Waals surface area contributed by atoms with Crippen molar-refractivity contribution in [1.82, 2.24) is 14.8 Å². The van der Waals surface area contributed by atoms with E-state index in [2.05, 4.69) is 17.1 Å². The predicted octanol–water partition coefficient (Wildman–Crippen LogP) is 0.590. The fraction of sp³-hybridized carbons (Fsp3) is 0.667. The van der Waals surface area contributed by atoms with Gasteiger partial charge in [0.15, 0.2) is 5.16 Å². The number of carbonyl (C=O) groups is 1. The number of hydrogen-bond acceptors (Lipinski definition) is 5. The lowest BCUT2D eigenvalue weighted by molar-refractivity contribution is -0.133. The molecule has 0 bridgehead atoms. The number of carboxylic acids is 1. The van der Waals surface area contributed by atoms with Crippen LogP contribution in [0.5, 0.6) is 0 Å². The Morgan fingerprint density at radius 1 is 1.81 bits per heavy atom. The van der Waals surface area contributed by atoms with Crippen molar-refractivity contribution in [1.29, 1.82) is 0 Å². The Morgan fingerprint density at radius 2 is 2.62 bits per heavy atom. The first-order chi connectivity index (χ1) is 7.62. The van der Waals surface area contributed by atoms with Gasteiger partial charge in [-0.05, 0) is 13.3 Å². The molecule has 0 saturated carbocycles. The van der Waals surface area contributed by atoms with E-state index in [1.807, 2.05) is 4.57 Å². The van der Waals surface area contributed by atoms with Gasteiger partial charge < -0.3 is 14.4 Å². The molecule has 0 aromatic carbocycles. The molecule has 88 valence electrons. The molecule has 1 aliphatic rings. The average molecular weight is 243 g/mol. The maximum atomic E-state index is 10.5. The molecule has 16 heavy (non-hydrogen) atoms. The summed E-state index contributed by atoms with van der Waals surface area (Å²) in [5, 5.41) is 17.0. The first-order valence-electron chi connectivity index (χ1n) is 4.95. The van der Waals surface area contributed by atoms with Gasteiger partial charge in [-0.15, -0.1) is 10.2 Å². The third-order valence-corrected chi connectivity index (χ3v) is 3.55. The highest BCUT2D eigenvalue weighted by Crippen LogP contribution is 2.30. The summed E-state index contributed by atoms with van der Waals surface area (Å²) in [4.78, 5) is 10.5. The standard InChI is InChI=1S/C9H13N3O3S/c1-9(2-3-15-5-9)12-6-10-11-8(12)16-4-7(13)14/h6H,2-5H2,1H3,(H,13,14). The maximum absolute atomic E-state index is 10.5. The van der Waals surface area contributed by atoms with E-state index in [1.165, 1.54) is 11.8 Å². The lowest BCUT2D eigenvalue weighted by Crippen LogP contribution is -2.30. The summed E-state index contributed by atoms with van der Waals surface area (Å²) in [6.07, 6.45) is 2.53. The highest BCUT2D eigenvalue weighted by molar-refractivity contribution is 7.99. The van der Waals surface area contributed by atoms with E-state index in [9.17, 15) is 4.79 Å². The zero-order valence-electron chi connectivity index (χ0n) is 8.92. The minimum absolute atomic E-state index is 0.00433. The molecule has 0 spiro atoms. The minimum Gasteiger partial charge on any atom is -0.481 e. The molecule has 1 atom stereocenters. The second kappa shape index (κ2) is 4.42. The van der Waals surface area contributed by atoms with E-state index < -0.39 is 5.97 Å². The molecule has 1 aliphatic heterocycles. The fourth-order valence-corrected chi connectivity index (χ4v) is 2.43. The van der Waals surface area contributed by atoms with Crippen molar-refractivity contribution in [2.24, 2.45) is 0 Å². The van der Waals surface area contributed by atoms with Gasteiger partial charge in [-0.1, -0.05) is 11.8 Å². The fourth-order valence-electron chi connectivity index (χ4n) is 1.67. The van der Waals surface area contributed by atoms with Gasteiger partial charge in [0.05, 0.1) is 17.9 Å². The second-order valence-electron chi connectivity index (χ2n) is 3.97. The summed E-state index contributed by atoms with van der Waals surface area (Å²) in [5.74, 6) is -0.859. The van der Waals surface area contributed by atoms with Crippen LogP contribution in [0.4, 0.5) is 0 Å². The van der Waals surface area contributed by atoms with Crippen LogP contribution in [0.15, 0.2) is 11.5 Å². The van der Waals surface area contributed by atoms with Crippen LogP contribution in [-0.2, 0) is 15.1 Å². The van der Waals surface area contributed by atoms with Crippen molar-refractivity contribution in [2.75, 3.05) is 19.0 Å². The SMILES string of the molecule is CC1(n2cnnc2SCC(=O)O)CCOC1. The number of ether oxygens (including phenoxy) is 1. The van der Waals surface area contributed by atoms with Crippen molar-refractivity contribution >= 4 is 17.7 Å². The molecule has 1 unspecified atom stereocenters. The Kier molecular flexibility index (Phi) is 3.15. The summed E-state index contributed by atoms with van der Waals surface area (Å²) in [6.45, 7) is 3.40. The molecule has 0 aliphatic carbocycles. The molecule has 1 aromatic heterocycles. The third-order valence-electron chi connectivity index (χ3n) is 2.62. The van der Waals surface area contributed by atoms with E-state index in [4.69, 9.17) is 9.84 Å². The lowest BCUT2D eigenvalue weighted by atomic mass is 10.0. The minimum atomic E-state index is -0.854. The van der Waals surface area contributed by atoms with Crippen molar-refractivity contribution in [2.45, 2.75) is 24.0 Å². The van der Waals surface area contributed by atoms with Crippen molar-refractivity contribution in [3.63, 3.8) is 0 Å².